The van der Waals surface area contributed by atoms with Gasteiger partial charge in [0.1, 0.15) is 18.8 Å². The first-order valence-electron chi connectivity index (χ1n) is 7.94. The molecular formula is C14H22NO12P. The van der Waals surface area contributed by atoms with Gasteiger partial charge in [0.2, 0.25) is 5.91 Å². The summed E-state index contributed by atoms with van der Waals surface area (Å²) in [4.78, 5) is 63.9. The standard InChI is InChI=1S/C14H22NO12P/c1-6(16)15-11-13(25-9(4)19)12(24-8(3)18)10(5-23-7(2)17)26-14(11)27-28(20,21)22/h10-14H,5H2,1-4H3,(H,15,16)(H2,20,21,22)/t10?,11?,12-,13?,14-/m1/s1. The van der Waals surface area contributed by atoms with E-state index in [1.54, 1.807) is 0 Å². The zero-order valence-electron chi connectivity index (χ0n) is 15.5. The number of phosphoric acid groups is 1. The molecular weight excluding hydrogens is 405 g/mol. The monoisotopic (exact) mass is 427 g/mol. The lowest BCUT2D eigenvalue weighted by molar-refractivity contribution is -0.259. The first-order chi connectivity index (χ1) is 12.8. The van der Waals surface area contributed by atoms with Crippen molar-refractivity contribution in [2.45, 2.75) is 58.3 Å². The van der Waals surface area contributed by atoms with Crippen molar-refractivity contribution in [1.29, 1.82) is 0 Å². The molecule has 5 atom stereocenters. The third-order valence-electron chi connectivity index (χ3n) is 3.31. The number of nitrogens with one attached hydrogen (secondary N) is 1. The molecule has 3 N–H and O–H groups in total. The molecule has 3 unspecified atom stereocenters. The Morgan fingerprint density at radius 3 is 1.93 bits per heavy atom. The first kappa shape index (κ1) is 24.0. The molecule has 0 spiro atoms. The van der Waals surface area contributed by atoms with Crippen LogP contribution in [0.4, 0.5) is 0 Å². The minimum Gasteiger partial charge on any atom is -0.463 e. The van der Waals surface area contributed by atoms with Crippen LogP contribution in [0, 0.1) is 0 Å². The Labute approximate surface area is 159 Å². The minimum absolute atomic E-state index is 0.515. The van der Waals surface area contributed by atoms with Crippen molar-refractivity contribution in [1.82, 2.24) is 5.32 Å². The maximum atomic E-state index is 11.5. The fourth-order valence-corrected chi connectivity index (χ4v) is 2.97. The van der Waals surface area contributed by atoms with Crippen molar-refractivity contribution in [2.24, 2.45) is 0 Å². The lowest BCUT2D eigenvalue weighted by Gasteiger charge is -2.44. The molecule has 1 fully saturated rings. The average Bonchev–Trinajstić information content (AvgIpc) is 2.48. The second-order valence-electron chi connectivity index (χ2n) is 5.82. The Kier molecular flexibility index (Phi) is 8.51. The van der Waals surface area contributed by atoms with Gasteiger partial charge >= 0.3 is 25.7 Å². The summed E-state index contributed by atoms with van der Waals surface area (Å²) in [5.41, 5.74) is 0. The number of carbonyl (C=O) groups is 4. The van der Waals surface area contributed by atoms with Crippen LogP contribution in [0.1, 0.15) is 27.7 Å². The summed E-state index contributed by atoms with van der Waals surface area (Å²) in [5, 5.41) is 2.29. The number of hydrogen-bond acceptors (Lipinski definition) is 10. The number of amides is 1. The van der Waals surface area contributed by atoms with E-state index < -0.39 is 68.9 Å². The Morgan fingerprint density at radius 1 is 0.964 bits per heavy atom. The van der Waals surface area contributed by atoms with Crippen LogP contribution in [0.2, 0.25) is 0 Å². The number of ether oxygens (including phenoxy) is 4. The Bertz CT molecular complexity index is 661. The Morgan fingerprint density at radius 2 is 1.50 bits per heavy atom. The van der Waals surface area contributed by atoms with Crippen LogP contribution in [0.25, 0.3) is 0 Å². The second kappa shape index (κ2) is 9.94. The van der Waals surface area contributed by atoms with Gasteiger partial charge in [-0.1, -0.05) is 0 Å². The first-order valence-corrected chi connectivity index (χ1v) is 9.47. The summed E-state index contributed by atoms with van der Waals surface area (Å²) in [6.07, 6.45) is -5.98. The summed E-state index contributed by atoms with van der Waals surface area (Å²) in [6, 6.07) is -1.45. The van der Waals surface area contributed by atoms with Crippen molar-refractivity contribution in [2.75, 3.05) is 6.61 Å². The van der Waals surface area contributed by atoms with E-state index in [1.165, 1.54) is 0 Å². The molecule has 28 heavy (non-hydrogen) atoms. The van der Waals surface area contributed by atoms with Crippen LogP contribution in [0.5, 0.6) is 0 Å². The van der Waals surface area contributed by atoms with Gasteiger partial charge in [-0.05, 0) is 0 Å². The van der Waals surface area contributed by atoms with E-state index in [9.17, 15) is 23.7 Å². The fourth-order valence-electron chi connectivity index (χ4n) is 2.52. The molecule has 1 saturated heterocycles. The van der Waals surface area contributed by atoms with Crippen LogP contribution in [-0.4, -0.2) is 70.9 Å². The molecule has 160 valence electrons. The highest BCUT2D eigenvalue weighted by Gasteiger charge is 2.52. The van der Waals surface area contributed by atoms with Crippen LogP contribution in [0.3, 0.4) is 0 Å². The Balaban J connectivity index is 3.34. The fraction of sp³-hybridized carbons (Fsp3) is 0.714. The summed E-state index contributed by atoms with van der Waals surface area (Å²) in [7, 11) is -5.12. The number of carbonyl (C=O) groups excluding carboxylic acids is 4. The van der Waals surface area contributed by atoms with Crippen LogP contribution in [-0.2, 0) is 47.2 Å². The van der Waals surface area contributed by atoms with E-state index in [0.29, 0.717) is 0 Å². The quantitative estimate of drug-likeness (QED) is 0.250. The van der Waals surface area contributed by atoms with E-state index in [-0.39, 0.29) is 0 Å². The van der Waals surface area contributed by atoms with E-state index in [2.05, 4.69) is 9.84 Å². The summed E-state index contributed by atoms with van der Waals surface area (Å²) < 4.78 is 36.3. The molecule has 1 heterocycles. The third kappa shape index (κ3) is 7.90. The molecule has 0 aromatic carbocycles. The molecule has 0 aromatic heterocycles. The Hall–Kier alpha value is -2.05. The molecule has 0 aromatic rings. The van der Waals surface area contributed by atoms with Gasteiger partial charge in [0.05, 0.1) is 0 Å². The van der Waals surface area contributed by atoms with E-state index in [0.717, 1.165) is 27.7 Å². The average molecular weight is 427 g/mol. The zero-order valence-corrected chi connectivity index (χ0v) is 16.4. The smallest absolute Gasteiger partial charge is 0.463 e. The van der Waals surface area contributed by atoms with Gasteiger partial charge in [-0.2, -0.15) is 0 Å². The lowest BCUT2D eigenvalue weighted by Crippen LogP contribution is -2.66. The van der Waals surface area contributed by atoms with E-state index >= 15 is 0 Å². The number of esters is 3. The predicted molar refractivity (Wildman–Crippen MR) is 87.1 cm³/mol. The van der Waals surface area contributed by atoms with Crippen molar-refractivity contribution in [3.05, 3.63) is 0 Å². The molecule has 1 amide bonds. The molecule has 0 aliphatic carbocycles. The highest BCUT2D eigenvalue weighted by Crippen LogP contribution is 2.41. The van der Waals surface area contributed by atoms with Gasteiger partial charge in [-0.3, -0.25) is 23.7 Å². The molecule has 1 rings (SSSR count). The maximum Gasteiger partial charge on any atom is 0.472 e. The van der Waals surface area contributed by atoms with Crippen molar-refractivity contribution in [3.8, 4) is 0 Å². The predicted octanol–water partition coefficient (Wildman–Crippen LogP) is -1.25. The molecule has 0 bridgehead atoms. The van der Waals surface area contributed by atoms with Gasteiger partial charge in [-0.15, -0.1) is 0 Å². The number of rotatable bonds is 7. The van der Waals surface area contributed by atoms with Crippen LogP contribution < -0.4 is 5.32 Å². The second-order valence-corrected chi connectivity index (χ2v) is 7.01. The SMILES string of the molecule is CC(=O)NC1C(OC(C)=O)[C@H](OC(C)=O)C(COC(C)=O)O[C@@H]1OP(=O)(O)O. The normalized spacial score (nSPS) is 27.4. The third-order valence-corrected chi connectivity index (χ3v) is 3.79. The van der Waals surface area contributed by atoms with Gasteiger partial charge in [0.15, 0.2) is 18.5 Å². The van der Waals surface area contributed by atoms with Crippen molar-refractivity contribution >= 4 is 31.6 Å². The lowest BCUT2D eigenvalue weighted by atomic mass is 9.96. The molecule has 1 aliphatic rings. The molecule has 0 radical (unpaired) electrons. The van der Waals surface area contributed by atoms with Crippen molar-refractivity contribution < 1.29 is 57.0 Å². The van der Waals surface area contributed by atoms with Gasteiger partial charge < -0.3 is 34.1 Å². The number of hydrogen-bond donors (Lipinski definition) is 3. The summed E-state index contributed by atoms with van der Waals surface area (Å²) >= 11 is 0. The maximum absolute atomic E-state index is 11.5. The van der Waals surface area contributed by atoms with Gasteiger partial charge in [-0.25, -0.2) is 4.57 Å². The van der Waals surface area contributed by atoms with Crippen molar-refractivity contribution in [3.63, 3.8) is 0 Å². The highest BCUT2D eigenvalue weighted by molar-refractivity contribution is 7.46. The van der Waals surface area contributed by atoms with E-state index in [1.807, 2.05) is 0 Å². The zero-order chi connectivity index (χ0) is 21.6. The summed E-state index contributed by atoms with van der Waals surface area (Å²) in [5.74, 6) is -3.05. The molecule has 1 aliphatic heterocycles. The van der Waals surface area contributed by atoms with Crippen LogP contribution in [0.15, 0.2) is 0 Å². The van der Waals surface area contributed by atoms with Gasteiger partial charge in [0.25, 0.3) is 0 Å². The highest BCUT2D eigenvalue weighted by atomic mass is 31.2. The summed E-state index contributed by atoms with van der Waals surface area (Å²) in [6.45, 7) is 3.76. The van der Waals surface area contributed by atoms with Crippen LogP contribution >= 0.6 is 7.82 Å². The largest absolute Gasteiger partial charge is 0.472 e. The molecule has 13 nitrogen and oxygen atoms in total. The number of phosphoric ester groups is 1. The molecule has 14 heteroatoms. The van der Waals surface area contributed by atoms with E-state index in [4.69, 9.17) is 28.7 Å². The minimum atomic E-state index is -5.12. The van der Waals surface area contributed by atoms with Gasteiger partial charge in [0, 0.05) is 27.7 Å². The molecule has 0 saturated carbocycles. The topological polar surface area (TPSA) is 184 Å².